The highest BCUT2D eigenvalue weighted by molar-refractivity contribution is 7.99. The lowest BCUT2D eigenvalue weighted by Gasteiger charge is -2.13. The first kappa shape index (κ1) is 15.1. The Balaban J connectivity index is 1.98. The van der Waals surface area contributed by atoms with Gasteiger partial charge in [-0.25, -0.2) is 0 Å². The summed E-state index contributed by atoms with van der Waals surface area (Å²) < 4.78 is 5.12. The second-order valence-electron chi connectivity index (χ2n) is 5.04. The molecule has 1 aromatic rings. The van der Waals surface area contributed by atoms with E-state index in [2.05, 4.69) is 11.6 Å². The SMILES string of the molecule is COc1cc(CNC2CCC(SC)C2)cc([N+](=O)[O-])c1. The van der Waals surface area contributed by atoms with Crippen LogP contribution in [-0.4, -0.2) is 29.6 Å². The van der Waals surface area contributed by atoms with E-state index in [0.717, 1.165) is 10.8 Å². The Morgan fingerprint density at radius 1 is 1.45 bits per heavy atom. The molecule has 0 aliphatic heterocycles. The summed E-state index contributed by atoms with van der Waals surface area (Å²) in [5, 5.41) is 15.1. The average Bonchev–Trinajstić information content (AvgIpc) is 2.92. The van der Waals surface area contributed by atoms with Gasteiger partial charge in [0.1, 0.15) is 5.75 Å². The van der Waals surface area contributed by atoms with Crippen LogP contribution in [0.15, 0.2) is 18.2 Å². The summed E-state index contributed by atoms with van der Waals surface area (Å²) in [6, 6.07) is 5.41. The van der Waals surface area contributed by atoms with E-state index in [0.29, 0.717) is 18.3 Å². The third-order valence-electron chi connectivity index (χ3n) is 3.71. The Morgan fingerprint density at radius 2 is 2.25 bits per heavy atom. The van der Waals surface area contributed by atoms with Crippen molar-refractivity contribution >= 4 is 17.4 Å². The van der Waals surface area contributed by atoms with E-state index in [4.69, 9.17) is 4.74 Å². The molecule has 1 aromatic carbocycles. The molecule has 1 aliphatic rings. The van der Waals surface area contributed by atoms with Crippen LogP contribution in [0.2, 0.25) is 0 Å². The molecular weight excluding hydrogens is 276 g/mol. The van der Waals surface area contributed by atoms with Crippen LogP contribution >= 0.6 is 11.8 Å². The zero-order valence-electron chi connectivity index (χ0n) is 11.8. The van der Waals surface area contributed by atoms with Crippen molar-refractivity contribution in [3.8, 4) is 5.75 Å². The number of nitrogens with one attached hydrogen (secondary N) is 1. The minimum Gasteiger partial charge on any atom is -0.496 e. The predicted molar refractivity (Wildman–Crippen MR) is 81.4 cm³/mol. The minimum absolute atomic E-state index is 0.0783. The van der Waals surface area contributed by atoms with Crippen LogP contribution < -0.4 is 10.1 Å². The fraction of sp³-hybridized carbons (Fsp3) is 0.571. The van der Waals surface area contributed by atoms with Gasteiger partial charge >= 0.3 is 0 Å². The zero-order valence-corrected chi connectivity index (χ0v) is 12.6. The monoisotopic (exact) mass is 296 g/mol. The van der Waals surface area contributed by atoms with Crippen LogP contribution in [0.25, 0.3) is 0 Å². The molecule has 5 nitrogen and oxygen atoms in total. The minimum atomic E-state index is -0.384. The quantitative estimate of drug-likeness (QED) is 0.646. The molecule has 6 heteroatoms. The molecule has 0 aromatic heterocycles. The molecule has 2 atom stereocenters. The summed E-state index contributed by atoms with van der Waals surface area (Å²) in [6.45, 7) is 0.643. The number of nitro benzene ring substituents is 1. The second-order valence-corrected chi connectivity index (χ2v) is 6.18. The first-order valence-corrected chi connectivity index (χ1v) is 7.99. The standard InChI is InChI=1S/C14H20N2O3S/c1-19-13-6-10(5-12(8-13)16(17)18)9-15-11-3-4-14(7-11)20-2/h5-6,8,11,14-15H,3-4,7,9H2,1-2H3. The normalized spacial score (nSPS) is 21.9. The number of thioether (sulfide) groups is 1. The van der Waals surface area contributed by atoms with Crippen LogP contribution in [0.4, 0.5) is 5.69 Å². The average molecular weight is 296 g/mol. The van der Waals surface area contributed by atoms with E-state index in [1.54, 1.807) is 6.07 Å². The molecule has 0 radical (unpaired) electrons. The summed E-state index contributed by atoms with van der Waals surface area (Å²) in [5.74, 6) is 0.532. The topological polar surface area (TPSA) is 64.4 Å². The molecule has 0 amide bonds. The Bertz CT molecular complexity index is 481. The van der Waals surface area contributed by atoms with Crippen LogP contribution in [0.5, 0.6) is 5.75 Å². The number of methoxy groups -OCH3 is 1. The number of ether oxygens (including phenoxy) is 1. The van der Waals surface area contributed by atoms with Crippen LogP contribution in [0, 0.1) is 10.1 Å². The summed E-state index contributed by atoms with van der Waals surface area (Å²) in [7, 11) is 1.52. The molecule has 1 N–H and O–H groups in total. The van der Waals surface area contributed by atoms with Gasteiger partial charge in [0, 0.05) is 23.9 Å². The molecule has 2 unspecified atom stereocenters. The Kier molecular flexibility index (Phi) is 5.25. The fourth-order valence-corrected chi connectivity index (χ4v) is 3.37. The molecular formula is C14H20N2O3S. The van der Waals surface area contributed by atoms with E-state index in [9.17, 15) is 10.1 Å². The largest absolute Gasteiger partial charge is 0.496 e. The molecule has 1 aliphatic carbocycles. The van der Waals surface area contributed by atoms with Gasteiger partial charge in [0.05, 0.1) is 18.1 Å². The summed E-state index contributed by atoms with van der Waals surface area (Å²) in [6.07, 6.45) is 5.75. The number of rotatable bonds is 6. The number of benzene rings is 1. The molecule has 0 bridgehead atoms. The lowest BCUT2D eigenvalue weighted by Crippen LogP contribution is -2.26. The van der Waals surface area contributed by atoms with Gasteiger partial charge in [-0.2, -0.15) is 11.8 Å². The van der Waals surface area contributed by atoms with Crippen LogP contribution in [0.1, 0.15) is 24.8 Å². The van der Waals surface area contributed by atoms with Crippen molar-refractivity contribution in [2.75, 3.05) is 13.4 Å². The molecule has 20 heavy (non-hydrogen) atoms. The molecule has 1 saturated carbocycles. The van der Waals surface area contributed by atoms with Gasteiger partial charge < -0.3 is 10.1 Å². The number of nitrogens with zero attached hydrogens (tertiary/aromatic N) is 1. The van der Waals surface area contributed by atoms with Crippen molar-refractivity contribution in [2.45, 2.75) is 37.1 Å². The van der Waals surface area contributed by atoms with Crippen molar-refractivity contribution in [3.05, 3.63) is 33.9 Å². The highest BCUT2D eigenvalue weighted by Crippen LogP contribution is 2.29. The first-order valence-electron chi connectivity index (χ1n) is 6.71. The Labute approximate surface area is 123 Å². The van der Waals surface area contributed by atoms with Gasteiger partial charge in [-0.3, -0.25) is 10.1 Å². The number of non-ortho nitro benzene ring substituents is 1. The van der Waals surface area contributed by atoms with Gasteiger partial charge in [0.15, 0.2) is 0 Å². The van der Waals surface area contributed by atoms with E-state index < -0.39 is 0 Å². The molecule has 0 spiro atoms. The van der Waals surface area contributed by atoms with Gasteiger partial charge in [0.2, 0.25) is 0 Å². The zero-order chi connectivity index (χ0) is 14.5. The molecule has 0 saturated heterocycles. The van der Waals surface area contributed by atoms with E-state index in [-0.39, 0.29) is 10.6 Å². The Morgan fingerprint density at radius 3 is 2.85 bits per heavy atom. The molecule has 1 fully saturated rings. The maximum atomic E-state index is 10.9. The lowest BCUT2D eigenvalue weighted by atomic mass is 10.1. The second kappa shape index (κ2) is 6.95. The maximum Gasteiger partial charge on any atom is 0.273 e. The van der Waals surface area contributed by atoms with Gasteiger partial charge in [-0.05, 0) is 37.1 Å². The predicted octanol–water partition coefficient (Wildman–Crippen LogP) is 2.98. The number of nitro groups is 1. The summed E-state index contributed by atoms with van der Waals surface area (Å²) >= 11 is 1.92. The highest BCUT2D eigenvalue weighted by atomic mass is 32.2. The lowest BCUT2D eigenvalue weighted by molar-refractivity contribution is -0.385. The van der Waals surface area contributed by atoms with Gasteiger partial charge in [-0.1, -0.05) is 0 Å². The van der Waals surface area contributed by atoms with Gasteiger partial charge in [0.25, 0.3) is 5.69 Å². The van der Waals surface area contributed by atoms with Crippen molar-refractivity contribution in [1.82, 2.24) is 5.32 Å². The summed E-state index contributed by atoms with van der Waals surface area (Å²) in [5.41, 5.74) is 0.971. The van der Waals surface area contributed by atoms with E-state index >= 15 is 0 Å². The van der Waals surface area contributed by atoms with Crippen molar-refractivity contribution in [3.63, 3.8) is 0 Å². The third kappa shape index (κ3) is 3.86. The smallest absolute Gasteiger partial charge is 0.273 e. The van der Waals surface area contributed by atoms with Crippen molar-refractivity contribution in [2.24, 2.45) is 0 Å². The maximum absolute atomic E-state index is 10.9. The van der Waals surface area contributed by atoms with Crippen LogP contribution in [0.3, 0.4) is 0 Å². The number of hydrogen-bond donors (Lipinski definition) is 1. The summed E-state index contributed by atoms with van der Waals surface area (Å²) in [4.78, 5) is 10.5. The van der Waals surface area contributed by atoms with Crippen molar-refractivity contribution in [1.29, 1.82) is 0 Å². The molecule has 2 rings (SSSR count). The molecule has 110 valence electrons. The highest BCUT2D eigenvalue weighted by Gasteiger charge is 2.23. The molecule has 0 heterocycles. The van der Waals surface area contributed by atoms with E-state index in [1.807, 2.05) is 17.8 Å². The fourth-order valence-electron chi connectivity index (χ4n) is 2.57. The van der Waals surface area contributed by atoms with Gasteiger partial charge in [-0.15, -0.1) is 0 Å². The Hall–Kier alpha value is -1.27. The first-order chi connectivity index (χ1) is 9.62. The van der Waals surface area contributed by atoms with Crippen molar-refractivity contribution < 1.29 is 9.66 Å². The number of hydrogen-bond acceptors (Lipinski definition) is 5. The van der Waals surface area contributed by atoms with E-state index in [1.165, 1.54) is 32.4 Å². The third-order valence-corrected chi connectivity index (χ3v) is 4.81. The van der Waals surface area contributed by atoms with Crippen LogP contribution in [-0.2, 0) is 6.54 Å².